The molecule has 3 aromatic rings. The maximum Gasteiger partial charge on any atom is 0.343 e. The third-order valence-corrected chi connectivity index (χ3v) is 5.08. The topological polar surface area (TPSA) is 81.7 Å². The first-order valence-corrected chi connectivity index (χ1v) is 10.3. The van der Waals surface area contributed by atoms with E-state index < -0.39 is 17.9 Å². The normalized spacial score (nSPS) is 11.4. The quantitative estimate of drug-likeness (QED) is 0.350. The third kappa shape index (κ3) is 5.46. The zero-order valence-electron chi connectivity index (χ0n) is 17.2. The largest absolute Gasteiger partial charge is 0.496 e. The van der Waals surface area contributed by atoms with Crippen molar-refractivity contribution in [3.05, 3.63) is 93.5 Å². The first-order chi connectivity index (χ1) is 15.3. The van der Waals surface area contributed by atoms with Crippen molar-refractivity contribution in [3.8, 4) is 5.75 Å². The van der Waals surface area contributed by atoms with E-state index in [0.29, 0.717) is 16.1 Å². The van der Waals surface area contributed by atoms with Gasteiger partial charge in [-0.15, -0.1) is 0 Å². The van der Waals surface area contributed by atoms with E-state index in [9.17, 15) is 14.4 Å². The fraction of sp³-hybridized carbons (Fsp3) is 0.125. The highest BCUT2D eigenvalue weighted by Gasteiger charge is 2.28. The monoisotopic (exact) mass is 471 g/mol. The van der Waals surface area contributed by atoms with Gasteiger partial charge in [-0.05, 0) is 18.2 Å². The number of hydrogen-bond acceptors (Lipinski definition) is 5. The average molecular weight is 472 g/mol. The molecule has 164 valence electrons. The van der Waals surface area contributed by atoms with Crippen LogP contribution in [0.4, 0.5) is 5.69 Å². The van der Waals surface area contributed by atoms with Crippen LogP contribution >= 0.6 is 23.2 Å². The predicted octanol–water partition coefficient (Wildman–Crippen LogP) is 5.74. The molecule has 32 heavy (non-hydrogen) atoms. The van der Waals surface area contributed by atoms with Crippen molar-refractivity contribution < 1.29 is 23.9 Å². The molecule has 0 fully saturated rings. The lowest BCUT2D eigenvalue weighted by Gasteiger charge is -2.19. The summed E-state index contributed by atoms with van der Waals surface area (Å²) in [5.74, 6) is -1.42. The lowest BCUT2D eigenvalue weighted by atomic mass is 9.99. The van der Waals surface area contributed by atoms with Crippen LogP contribution in [0.3, 0.4) is 0 Å². The van der Waals surface area contributed by atoms with Crippen LogP contribution in [-0.2, 0) is 9.53 Å². The smallest absolute Gasteiger partial charge is 0.343 e. The number of carbonyl (C=O) groups is 3. The molecule has 3 rings (SSSR count). The van der Waals surface area contributed by atoms with Crippen LogP contribution in [-0.4, -0.2) is 24.8 Å². The number of ketones is 1. The number of methoxy groups -OCH3 is 1. The summed E-state index contributed by atoms with van der Waals surface area (Å²) in [5.41, 5.74) is 1.12. The molecule has 0 spiro atoms. The minimum Gasteiger partial charge on any atom is -0.496 e. The average Bonchev–Trinajstić information content (AvgIpc) is 2.79. The van der Waals surface area contributed by atoms with Gasteiger partial charge in [0.25, 0.3) is 0 Å². The number of rotatable bonds is 7. The van der Waals surface area contributed by atoms with Crippen molar-refractivity contribution in [2.45, 2.75) is 13.0 Å². The SMILES string of the molecule is COc1cc(NC(C)=O)c(Cl)cc1C(=O)O[C@H](C(=O)c1ccccc1)c1ccc(Cl)cc1. The van der Waals surface area contributed by atoms with E-state index in [-0.39, 0.29) is 27.9 Å². The molecule has 8 heteroatoms. The molecule has 0 aromatic heterocycles. The van der Waals surface area contributed by atoms with Gasteiger partial charge in [0, 0.05) is 29.1 Å². The number of hydrogen-bond donors (Lipinski definition) is 1. The van der Waals surface area contributed by atoms with E-state index in [4.69, 9.17) is 32.7 Å². The molecule has 1 atom stereocenters. The Kier molecular flexibility index (Phi) is 7.51. The van der Waals surface area contributed by atoms with Crippen LogP contribution in [0.1, 0.15) is 39.3 Å². The Bertz CT molecular complexity index is 1150. The van der Waals surface area contributed by atoms with Gasteiger partial charge in [0.05, 0.1) is 17.8 Å². The number of benzene rings is 3. The van der Waals surface area contributed by atoms with Crippen LogP contribution in [0.15, 0.2) is 66.7 Å². The molecular formula is C24H19Cl2NO5. The predicted molar refractivity (Wildman–Crippen MR) is 123 cm³/mol. The highest BCUT2D eigenvalue weighted by Crippen LogP contribution is 2.33. The molecule has 6 nitrogen and oxygen atoms in total. The number of anilines is 1. The molecule has 1 amide bonds. The molecule has 0 radical (unpaired) electrons. The third-order valence-electron chi connectivity index (χ3n) is 4.51. The molecule has 3 aromatic carbocycles. The fourth-order valence-electron chi connectivity index (χ4n) is 3.00. The Morgan fingerprint density at radius 2 is 1.59 bits per heavy atom. The maximum absolute atomic E-state index is 13.2. The van der Waals surface area contributed by atoms with Crippen LogP contribution in [0, 0.1) is 0 Å². The van der Waals surface area contributed by atoms with E-state index in [1.807, 2.05) is 0 Å². The van der Waals surface area contributed by atoms with E-state index in [2.05, 4.69) is 5.32 Å². The summed E-state index contributed by atoms with van der Waals surface area (Å²) in [6, 6.07) is 17.7. The van der Waals surface area contributed by atoms with Crippen LogP contribution in [0.5, 0.6) is 5.75 Å². The molecule has 1 N–H and O–H groups in total. The molecular weight excluding hydrogens is 453 g/mol. The Morgan fingerprint density at radius 3 is 2.19 bits per heavy atom. The van der Waals surface area contributed by atoms with Gasteiger partial charge >= 0.3 is 5.97 Å². The second-order valence-corrected chi connectivity index (χ2v) is 7.62. The van der Waals surface area contributed by atoms with Gasteiger partial charge in [0.2, 0.25) is 11.7 Å². The van der Waals surface area contributed by atoms with Crippen molar-refractivity contribution >= 4 is 46.5 Å². The number of amides is 1. The summed E-state index contributed by atoms with van der Waals surface area (Å²) < 4.78 is 10.9. The van der Waals surface area contributed by atoms with Gasteiger partial charge < -0.3 is 14.8 Å². The number of esters is 1. The Labute approximate surface area is 195 Å². The van der Waals surface area contributed by atoms with Crippen molar-refractivity contribution in [1.29, 1.82) is 0 Å². The van der Waals surface area contributed by atoms with E-state index in [1.54, 1.807) is 54.6 Å². The molecule has 0 aliphatic heterocycles. The van der Waals surface area contributed by atoms with Crippen molar-refractivity contribution in [2.24, 2.45) is 0 Å². The van der Waals surface area contributed by atoms with Gasteiger partial charge in [-0.2, -0.15) is 0 Å². The molecule has 0 saturated heterocycles. The number of Topliss-reactive ketones (excluding diaryl/α,β-unsaturated/α-hetero) is 1. The molecule has 0 unspecified atom stereocenters. The summed E-state index contributed by atoms with van der Waals surface area (Å²) in [4.78, 5) is 37.6. The molecule has 0 aliphatic rings. The van der Waals surface area contributed by atoms with Crippen molar-refractivity contribution in [2.75, 3.05) is 12.4 Å². The Morgan fingerprint density at radius 1 is 0.938 bits per heavy atom. The number of nitrogens with one attached hydrogen (secondary N) is 1. The summed E-state index contributed by atoms with van der Waals surface area (Å²) in [6.07, 6.45) is -1.22. The van der Waals surface area contributed by atoms with E-state index in [1.165, 1.54) is 26.2 Å². The second kappa shape index (κ2) is 10.3. The molecule has 0 saturated carbocycles. The highest BCUT2D eigenvalue weighted by atomic mass is 35.5. The van der Waals surface area contributed by atoms with Gasteiger partial charge in [-0.25, -0.2) is 4.79 Å². The first-order valence-electron chi connectivity index (χ1n) is 9.51. The van der Waals surface area contributed by atoms with Crippen molar-refractivity contribution in [3.63, 3.8) is 0 Å². The maximum atomic E-state index is 13.2. The lowest BCUT2D eigenvalue weighted by molar-refractivity contribution is -0.114. The number of carbonyl (C=O) groups excluding carboxylic acids is 3. The number of ether oxygens (including phenoxy) is 2. The Hall–Kier alpha value is -3.35. The van der Waals surface area contributed by atoms with Gasteiger partial charge in [-0.1, -0.05) is 65.7 Å². The van der Waals surface area contributed by atoms with Gasteiger partial charge in [-0.3, -0.25) is 9.59 Å². The second-order valence-electron chi connectivity index (χ2n) is 6.78. The first kappa shape index (κ1) is 23.3. The van der Waals surface area contributed by atoms with Gasteiger partial charge in [0.15, 0.2) is 6.10 Å². The minimum atomic E-state index is -1.22. The van der Waals surface area contributed by atoms with Gasteiger partial charge in [0.1, 0.15) is 11.3 Å². The minimum absolute atomic E-state index is 0.00595. The van der Waals surface area contributed by atoms with E-state index in [0.717, 1.165) is 0 Å². The summed E-state index contributed by atoms with van der Waals surface area (Å²) in [7, 11) is 1.36. The van der Waals surface area contributed by atoms with Crippen LogP contribution < -0.4 is 10.1 Å². The standard InChI is InChI=1S/C24H19Cl2NO5/c1-14(28)27-20-13-21(31-2)18(12-19(20)26)24(30)32-23(16-8-10-17(25)11-9-16)22(29)15-6-4-3-5-7-15/h3-13,23H,1-2H3,(H,27,28)/t23-/m0/s1. The van der Waals surface area contributed by atoms with Crippen molar-refractivity contribution in [1.82, 2.24) is 0 Å². The molecule has 0 aliphatic carbocycles. The summed E-state index contributed by atoms with van der Waals surface area (Å²) in [5, 5.41) is 3.15. The molecule has 0 bridgehead atoms. The summed E-state index contributed by atoms with van der Waals surface area (Å²) in [6.45, 7) is 1.33. The Balaban J connectivity index is 1.98. The van der Waals surface area contributed by atoms with Crippen LogP contribution in [0.2, 0.25) is 10.0 Å². The lowest BCUT2D eigenvalue weighted by Crippen LogP contribution is -2.21. The molecule has 0 heterocycles. The summed E-state index contributed by atoms with van der Waals surface area (Å²) >= 11 is 12.2. The van der Waals surface area contributed by atoms with Crippen LogP contribution in [0.25, 0.3) is 0 Å². The fourth-order valence-corrected chi connectivity index (χ4v) is 3.34. The number of halogens is 2. The zero-order valence-corrected chi connectivity index (χ0v) is 18.7. The van der Waals surface area contributed by atoms with E-state index >= 15 is 0 Å². The highest BCUT2D eigenvalue weighted by molar-refractivity contribution is 6.34. The zero-order chi connectivity index (χ0) is 23.3.